The van der Waals surface area contributed by atoms with Crippen molar-refractivity contribution in [1.82, 2.24) is 35.1 Å². The van der Waals surface area contributed by atoms with Gasteiger partial charge in [-0.1, -0.05) is 237 Å². The molecule has 5 rings (SSSR count). The number of rotatable bonds is 0. The van der Waals surface area contributed by atoms with Crippen LogP contribution in [0.5, 0.6) is 0 Å². The number of nitrogens with zero attached hydrogens (tertiary/aromatic N) is 7. The van der Waals surface area contributed by atoms with Crippen molar-refractivity contribution >= 4 is 0 Å². The van der Waals surface area contributed by atoms with Gasteiger partial charge in [0.15, 0.2) is 0 Å². The van der Waals surface area contributed by atoms with E-state index in [2.05, 4.69) is 197 Å². The van der Waals surface area contributed by atoms with Crippen molar-refractivity contribution in [1.29, 1.82) is 0 Å². The highest BCUT2D eigenvalue weighted by atomic mass is 15.1. The van der Waals surface area contributed by atoms with Gasteiger partial charge in [-0.15, -0.1) is 0 Å². The van der Waals surface area contributed by atoms with E-state index in [1.54, 1.807) is 68.0 Å². The van der Waals surface area contributed by atoms with Crippen LogP contribution in [0.2, 0.25) is 0 Å². The summed E-state index contributed by atoms with van der Waals surface area (Å²) >= 11 is 0. The quantitative estimate of drug-likeness (QED) is 0.153. The van der Waals surface area contributed by atoms with Crippen LogP contribution in [0.15, 0.2) is 135 Å². The second-order valence-electron chi connectivity index (χ2n) is 19.4. The summed E-state index contributed by atoms with van der Waals surface area (Å²) in [5.74, 6) is 0. The summed E-state index contributed by atoms with van der Waals surface area (Å²) in [5, 5.41) is 7.07. The van der Waals surface area contributed by atoms with Crippen molar-refractivity contribution in [2.45, 2.75) is 206 Å². The average Bonchev–Trinajstić information content (AvgIpc) is 3.26. The molecule has 5 aromatic rings. The van der Waals surface area contributed by atoms with E-state index in [0.717, 1.165) is 0 Å². The summed E-state index contributed by atoms with van der Waals surface area (Å²) in [6.07, 6.45) is 18.2. The topological polar surface area (TPSA) is 90.2 Å². The van der Waals surface area contributed by atoms with Crippen molar-refractivity contribution in [2.24, 2.45) is 21.7 Å². The first-order chi connectivity index (χ1) is 29.6. The molecule has 0 fully saturated rings. The lowest BCUT2D eigenvalue weighted by Gasteiger charge is -2.18. The largest absolute Gasteiger partial charge is 0.265 e. The van der Waals surface area contributed by atoms with E-state index in [0.29, 0.717) is 27.1 Å². The highest BCUT2D eigenvalue weighted by molar-refractivity contribution is 5.22. The van der Waals surface area contributed by atoms with Crippen LogP contribution in [-0.2, 0) is 5.41 Å². The van der Waals surface area contributed by atoms with Gasteiger partial charge in [-0.3, -0.25) is 15.0 Å². The average molecular weight is 893 g/mol. The Labute approximate surface area is 402 Å². The predicted octanol–water partition coefficient (Wildman–Crippen LogP) is 18.8. The molecule has 7 heteroatoms. The first-order valence-electron chi connectivity index (χ1n) is 23.6. The molecule has 4 heterocycles. The van der Waals surface area contributed by atoms with Crippen LogP contribution in [0, 0.1) is 21.7 Å². The van der Waals surface area contributed by atoms with Crippen LogP contribution in [0.4, 0.5) is 0 Å². The smallest absolute Gasteiger partial charge is 0.115 e. The number of hydrogen-bond acceptors (Lipinski definition) is 7. The first-order valence-corrected chi connectivity index (χ1v) is 23.6. The molecule has 0 amide bonds. The lowest BCUT2D eigenvalue weighted by atomic mass is 9.87. The summed E-state index contributed by atoms with van der Waals surface area (Å²) in [6.45, 7) is 61.7. The molecule has 0 aliphatic heterocycles. The molecule has 0 aliphatic rings. The Hall–Kier alpha value is -4.39. The van der Waals surface area contributed by atoms with Gasteiger partial charge >= 0.3 is 0 Å². The lowest BCUT2D eigenvalue weighted by Crippen LogP contribution is -2.10. The van der Waals surface area contributed by atoms with Crippen LogP contribution < -0.4 is 0 Å². The zero-order chi connectivity index (χ0) is 52.6. The molecule has 1 aromatic carbocycles. The van der Waals surface area contributed by atoms with Gasteiger partial charge in [0.2, 0.25) is 0 Å². The standard InChI is InChI=1S/C10H14.C5H5N.4C5H12.3C4H4N2.5C2H6/c1-10(2,3)9-7-5-4-6-8-9;1-2-4-6-5-3-1;4*1-5(2,3)4;1-2-6-4-3-5-1;1-2-5-4-6-3-1;1-2-4-6-5-3-1;5*1-2/h4-8H,1-3H3;1-5H;4*1-4H3;3*1-4H;5*1-2H3. The molecule has 0 atom stereocenters. The number of benzene rings is 1. The van der Waals surface area contributed by atoms with Crippen LogP contribution in [0.3, 0.4) is 0 Å². The molecular formula is C57H109N7. The van der Waals surface area contributed by atoms with Crippen molar-refractivity contribution in [3.63, 3.8) is 0 Å². The number of pyridine rings is 1. The van der Waals surface area contributed by atoms with E-state index in [1.807, 2.05) is 99.6 Å². The maximum Gasteiger partial charge on any atom is 0.115 e. The van der Waals surface area contributed by atoms with E-state index in [4.69, 9.17) is 0 Å². The normalized spacial score (nSPS) is 9.02. The van der Waals surface area contributed by atoms with Gasteiger partial charge < -0.3 is 0 Å². The molecule has 0 N–H and O–H groups in total. The van der Waals surface area contributed by atoms with E-state index in [1.165, 1.54) is 11.9 Å². The number of aromatic nitrogens is 7. The Morgan fingerprint density at radius 3 is 0.578 bits per heavy atom. The van der Waals surface area contributed by atoms with Gasteiger partial charge in [-0.2, -0.15) is 10.2 Å². The molecule has 0 saturated heterocycles. The molecule has 0 radical (unpaired) electrons. The van der Waals surface area contributed by atoms with Gasteiger partial charge in [0, 0.05) is 62.0 Å². The van der Waals surface area contributed by atoms with Gasteiger partial charge in [0.1, 0.15) is 6.33 Å². The van der Waals surface area contributed by atoms with Crippen molar-refractivity contribution in [2.75, 3.05) is 0 Å². The second kappa shape index (κ2) is 58.6. The van der Waals surface area contributed by atoms with E-state index >= 15 is 0 Å². The lowest BCUT2D eigenvalue weighted by molar-refractivity contribution is 0.469. The van der Waals surface area contributed by atoms with E-state index < -0.39 is 0 Å². The zero-order valence-electron chi connectivity index (χ0n) is 47.8. The summed E-state index contributed by atoms with van der Waals surface area (Å²) in [5.41, 5.74) is 3.69. The first kappa shape index (κ1) is 79.9. The van der Waals surface area contributed by atoms with Gasteiger partial charge in [0.25, 0.3) is 0 Å². The summed E-state index contributed by atoms with van der Waals surface area (Å²) in [7, 11) is 0. The Morgan fingerprint density at radius 2 is 0.469 bits per heavy atom. The van der Waals surface area contributed by atoms with Gasteiger partial charge in [-0.25, -0.2) is 9.97 Å². The molecule has 4 aromatic heterocycles. The maximum atomic E-state index is 3.78. The van der Waals surface area contributed by atoms with Crippen molar-refractivity contribution in [3.05, 3.63) is 141 Å². The fourth-order valence-corrected chi connectivity index (χ4v) is 2.01. The minimum absolute atomic E-state index is 0.293. The summed E-state index contributed by atoms with van der Waals surface area (Å²) < 4.78 is 0. The Morgan fingerprint density at radius 1 is 0.250 bits per heavy atom. The highest BCUT2D eigenvalue weighted by Gasteiger charge is 2.11. The maximum absolute atomic E-state index is 3.78. The minimum atomic E-state index is 0.293. The number of hydrogen-bond donors (Lipinski definition) is 0. The predicted molar refractivity (Wildman–Crippen MR) is 293 cm³/mol. The molecule has 372 valence electrons. The third-order valence-electron chi connectivity index (χ3n) is 3.64. The van der Waals surface area contributed by atoms with Crippen LogP contribution in [-0.4, -0.2) is 35.1 Å². The third kappa shape index (κ3) is 163. The summed E-state index contributed by atoms with van der Waals surface area (Å²) in [6, 6.07) is 21.7. The monoisotopic (exact) mass is 892 g/mol. The van der Waals surface area contributed by atoms with Crippen molar-refractivity contribution in [3.8, 4) is 0 Å². The third-order valence-corrected chi connectivity index (χ3v) is 3.64. The molecule has 0 unspecified atom stereocenters. The fraction of sp³-hybridized carbons (Fsp3) is 0.596. The van der Waals surface area contributed by atoms with Gasteiger partial charge in [-0.05, 0) is 63.0 Å². The summed E-state index contributed by atoms with van der Waals surface area (Å²) in [4.78, 5) is 18.6. The molecule has 0 bridgehead atoms. The van der Waals surface area contributed by atoms with Crippen molar-refractivity contribution < 1.29 is 0 Å². The molecule has 0 spiro atoms. The molecule has 0 aliphatic carbocycles. The molecular weight excluding hydrogens is 783 g/mol. The molecule has 0 saturated carbocycles. The Kier molecular flexibility index (Phi) is 73.2. The fourth-order valence-electron chi connectivity index (χ4n) is 2.01. The van der Waals surface area contributed by atoms with Crippen LogP contribution >= 0.6 is 0 Å². The van der Waals surface area contributed by atoms with Gasteiger partial charge in [0.05, 0.1) is 0 Å². The van der Waals surface area contributed by atoms with E-state index in [9.17, 15) is 0 Å². The van der Waals surface area contributed by atoms with Crippen LogP contribution in [0.1, 0.15) is 206 Å². The van der Waals surface area contributed by atoms with Crippen LogP contribution in [0.25, 0.3) is 0 Å². The Balaban J connectivity index is -0.0000000747. The molecule has 64 heavy (non-hydrogen) atoms. The van der Waals surface area contributed by atoms with E-state index in [-0.39, 0.29) is 0 Å². The molecule has 7 nitrogen and oxygen atoms in total. The second-order valence-corrected chi connectivity index (χ2v) is 19.4. The SMILES string of the molecule is CC.CC.CC.CC.CC.CC(C)(C)C.CC(C)(C)C.CC(C)(C)C.CC(C)(C)C.CC(C)(C)c1ccccc1.c1ccncc1.c1ccnnc1.c1cnccn1.c1cncnc1. The highest BCUT2D eigenvalue weighted by Crippen LogP contribution is 2.20. The Bertz CT molecular complexity index is 1070. The minimum Gasteiger partial charge on any atom is -0.265 e. The zero-order valence-corrected chi connectivity index (χ0v) is 47.8.